The smallest absolute Gasteiger partial charge is 0.328 e. The molecule has 1 aliphatic carbocycles. The van der Waals surface area contributed by atoms with Crippen molar-refractivity contribution in [2.45, 2.75) is 76.0 Å². The number of aryl methyl sites for hydroxylation is 1. The predicted octanol–water partition coefficient (Wildman–Crippen LogP) is 2.55. The summed E-state index contributed by atoms with van der Waals surface area (Å²) in [5.74, 6) is -0.139. The molecular weight excluding hydrogens is 368 g/mol. The Morgan fingerprint density at radius 1 is 1.14 bits per heavy atom. The zero-order chi connectivity index (χ0) is 20.5. The fourth-order valence-electron chi connectivity index (χ4n) is 5.57. The Kier molecular flexibility index (Phi) is 5.61. The highest BCUT2D eigenvalue weighted by atomic mass is 16.5. The van der Waals surface area contributed by atoms with Crippen LogP contribution in [0.3, 0.4) is 0 Å². The molecule has 6 nitrogen and oxygen atoms in total. The molecule has 1 aromatic carbocycles. The van der Waals surface area contributed by atoms with Gasteiger partial charge >= 0.3 is 5.97 Å². The fraction of sp³-hybridized carbons (Fsp3) is 0.609. The van der Waals surface area contributed by atoms with Crippen molar-refractivity contribution in [2.75, 3.05) is 7.11 Å². The first-order chi connectivity index (χ1) is 14.0. The molecule has 156 valence electrons. The zero-order valence-electron chi connectivity index (χ0n) is 17.3. The normalized spacial score (nSPS) is 30.0. The number of amides is 2. The molecule has 2 heterocycles. The molecule has 2 aliphatic heterocycles. The summed E-state index contributed by atoms with van der Waals surface area (Å²) in [5, 5.41) is 0. The van der Waals surface area contributed by atoms with Crippen LogP contribution < -0.4 is 0 Å². The van der Waals surface area contributed by atoms with E-state index in [2.05, 4.69) is 0 Å². The number of hydrogen-bond acceptors (Lipinski definition) is 4. The third kappa shape index (κ3) is 3.53. The molecule has 0 N–H and O–H groups in total. The number of ether oxygens (including phenoxy) is 1. The summed E-state index contributed by atoms with van der Waals surface area (Å²) < 4.78 is 5.03. The molecule has 29 heavy (non-hydrogen) atoms. The Morgan fingerprint density at radius 3 is 2.59 bits per heavy atom. The van der Waals surface area contributed by atoms with Crippen molar-refractivity contribution < 1.29 is 19.1 Å². The Bertz CT molecular complexity index is 780. The summed E-state index contributed by atoms with van der Waals surface area (Å²) in [7, 11) is 1.34. The number of hydrogen-bond donors (Lipinski definition) is 0. The van der Waals surface area contributed by atoms with E-state index in [1.807, 2.05) is 35.2 Å². The number of esters is 1. The molecule has 3 aliphatic rings. The Hall–Kier alpha value is -2.37. The lowest BCUT2D eigenvalue weighted by atomic mass is 9.85. The lowest BCUT2D eigenvalue weighted by Crippen LogP contribution is -2.67. The highest BCUT2D eigenvalue weighted by molar-refractivity contribution is 5.99. The van der Waals surface area contributed by atoms with Gasteiger partial charge in [0.05, 0.1) is 7.11 Å². The second-order valence-electron chi connectivity index (χ2n) is 8.59. The number of carbonyl (C=O) groups excluding carboxylic acids is 3. The summed E-state index contributed by atoms with van der Waals surface area (Å²) in [6, 6.07) is 8.26. The lowest BCUT2D eigenvalue weighted by Gasteiger charge is -2.45. The van der Waals surface area contributed by atoms with Crippen LogP contribution in [0.15, 0.2) is 30.3 Å². The first-order valence-corrected chi connectivity index (χ1v) is 10.8. The van der Waals surface area contributed by atoms with Gasteiger partial charge in [-0.1, -0.05) is 43.2 Å². The van der Waals surface area contributed by atoms with Gasteiger partial charge in [-0.05, 0) is 50.5 Å². The van der Waals surface area contributed by atoms with Crippen LogP contribution in [0.25, 0.3) is 0 Å². The molecule has 0 radical (unpaired) electrons. The van der Waals surface area contributed by atoms with Crippen molar-refractivity contribution in [3.63, 3.8) is 0 Å². The SMILES string of the molecule is COC(=O)[C@H](CCc1ccccc1)N1C(=O)[C@@H]2C[C@H]3CCCC[C@@H]3N2C(=O)C1C. The van der Waals surface area contributed by atoms with Gasteiger partial charge in [-0.15, -0.1) is 0 Å². The molecule has 1 saturated carbocycles. The molecule has 0 spiro atoms. The van der Waals surface area contributed by atoms with Gasteiger partial charge in [-0.25, -0.2) is 4.79 Å². The Labute approximate surface area is 172 Å². The molecule has 2 saturated heterocycles. The summed E-state index contributed by atoms with van der Waals surface area (Å²) in [5.41, 5.74) is 1.10. The summed E-state index contributed by atoms with van der Waals surface area (Å²) in [6.45, 7) is 1.76. The first-order valence-electron chi connectivity index (χ1n) is 10.8. The maximum Gasteiger partial charge on any atom is 0.328 e. The van der Waals surface area contributed by atoms with E-state index in [1.165, 1.54) is 18.4 Å². The number of piperazine rings is 1. The minimum absolute atomic E-state index is 0.0161. The van der Waals surface area contributed by atoms with Gasteiger partial charge < -0.3 is 14.5 Å². The Balaban J connectivity index is 1.58. The Morgan fingerprint density at radius 2 is 1.86 bits per heavy atom. The molecule has 0 aromatic heterocycles. The van der Waals surface area contributed by atoms with Crippen molar-refractivity contribution in [1.82, 2.24) is 9.80 Å². The number of carbonyl (C=O) groups is 3. The van der Waals surface area contributed by atoms with Crippen molar-refractivity contribution in [3.05, 3.63) is 35.9 Å². The van der Waals surface area contributed by atoms with Gasteiger partial charge in [0.1, 0.15) is 18.1 Å². The van der Waals surface area contributed by atoms with E-state index in [0.717, 1.165) is 31.2 Å². The summed E-state index contributed by atoms with van der Waals surface area (Å²) >= 11 is 0. The molecule has 6 heteroatoms. The number of benzene rings is 1. The van der Waals surface area contributed by atoms with Crippen LogP contribution in [0.2, 0.25) is 0 Å². The van der Waals surface area contributed by atoms with E-state index >= 15 is 0 Å². The highest BCUT2D eigenvalue weighted by Gasteiger charge is 2.55. The topological polar surface area (TPSA) is 66.9 Å². The third-order valence-electron chi connectivity index (χ3n) is 7.02. The van der Waals surface area contributed by atoms with Gasteiger partial charge in [0.15, 0.2) is 0 Å². The van der Waals surface area contributed by atoms with Crippen LogP contribution in [0.1, 0.15) is 51.0 Å². The van der Waals surface area contributed by atoms with Gasteiger partial charge in [0.2, 0.25) is 11.8 Å². The second kappa shape index (κ2) is 8.17. The predicted molar refractivity (Wildman–Crippen MR) is 108 cm³/mol. The van der Waals surface area contributed by atoms with E-state index in [0.29, 0.717) is 18.8 Å². The van der Waals surface area contributed by atoms with Gasteiger partial charge in [0, 0.05) is 6.04 Å². The molecule has 0 bridgehead atoms. The van der Waals surface area contributed by atoms with Crippen LogP contribution in [0.5, 0.6) is 0 Å². The number of nitrogens with zero attached hydrogens (tertiary/aromatic N) is 2. The standard InChI is InChI=1S/C23H30N2O4/c1-15-21(26)25-18-11-7-6-10-17(18)14-20(25)22(27)24(15)19(23(28)29-2)13-12-16-8-4-3-5-9-16/h3-5,8-9,15,17-20H,6-7,10-14H2,1-2H3/t15?,17-,18+,19+,20+/m1/s1. The maximum absolute atomic E-state index is 13.5. The summed E-state index contributed by atoms with van der Waals surface area (Å²) in [4.78, 5) is 42.8. The molecule has 1 unspecified atom stereocenters. The van der Waals surface area contributed by atoms with Crippen LogP contribution in [-0.2, 0) is 25.5 Å². The average molecular weight is 399 g/mol. The lowest BCUT2D eigenvalue weighted by molar-refractivity contribution is -0.169. The largest absolute Gasteiger partial charge is 0.467 e. The van der Waals surface area contributed by atoms with E-state index in [4.69, 9.17) is 4.74 Å². The first kappa shape index (κ1) is 19.9. The van der Waals surface area contributed by atoms with Crippen LogP contribution in [0, 0.1) is 5.92 Å². The van der Waals surface area contributed by atoms with Gasteiger partial charge in [-0.3, -0.25) is 9.59 Å². The molecule has 1 aromatic rings. The van der Waals surface area contributed by atoms with E-state index in [1.54, 1.807) is 6.92 Å². The average Bonchev–Trinajstić information content (AvgIpc) is 3.14. The minimum atomic E-state index is -0.739. The van der Waals surface area contributed by atoms with Crippen LogP contribution in [-0.4, -0.2) is 58.9 Å². The quantitative estimate of drug-likeness (QED) is 0.715. The fourth-order valence-corrected chi connectivity index (χ4v) is 5.57. The second-order valence-corrected chi connectivity index (χ2v) is 8.59. The minimum Gasteiger partial charge on any atom is -0.467 e. The maximum atomic E-state index is 13.5. The van der Waals surface area contributed by atoms with Crippen molar-refractivity contribution in [2.24, 2.45) is 5.92 Å². The molecule has 4 rings (SSSR count). The number of rotatable bonds is 5. The van der Waals surface area contributed by atoms with Crippen LogP contribution >= 0.6 is 0 Å². The van der Waals surface area contributed by atoms with Crippen molar-refractivity contribution >= 4 is 17.8 Å². The molecule has 2 amide bonds. The number of fused-ring (bicyclic) bond motifs is 3. The monoisotopic (exact) mass is 398 g/mol. The number of methoxy groups -OCH3 is 1. The van der Waals surface area contributed by atoms with Crippen molar-refractivity contribution in [1.29, 1.82) is 0 Å². The third-order valence-corrected chi connectivity index (χ3v) is 7.02. The van der Waals surface area contributed by atoms with Gasteiger partial charge in [-0.2, -0.15) is 0 Å². The van der Waals surface area contributed by atoms with E-state index in [9.17, 15) is 14.4 Å². The van der Waals surface area contributed by atoms with Crippen molar-refractivity contribution in [3.8, 4) is 0 Å². The van der Waals surface area contributed by atoms with E-state index in [-0.39, 0.29) is 17.9 Å². The highest BCUT2D eigenvalue weighted by Crippen LogP contribution is 2.43. The summed E-state index contributed by atoms with van der Waals surface area (Å²) in [6.07, 6.45) is 6.18. The molecule has 5 atom stereocenters. The van der Waals surface area contributed by atoms with E-state index < -0.39 is 24.1 Å². The molecular formula is C23H30N2O4. The zero-order valence-corrected chi connectivity index (χ0v) is 17.3. The van der Waals surface area contributed by atoms with Crippen LogP contribution in [0.4, 0.5) is 0 Å². The molecule has 3 fully saturated rings. The van der Waals surface area contributed by atoms with Gasteiger partial charge in [0.25, 0.3) is 0 Å².